The largest absolute Gasteiger partial charge is 0.335 e. The average molecular weight is 334 g/mol. The Balaban J connectivity index is 1.69. The fourth-order valence-electron chi connectivity index (χ4n) is 2.61. The summed E-state index contributed by atoms with van der Waals surface area (Å²) in [5.41, 5.74) is 5.41. The molecule has 2 unspecified atom stereocenters. The molecule has 1 aliphatic rings. The second-order valence-corrected chi connectivity index (χ2v) is 5.60. The highest BCUT2D eigenvalue weighted by molar-refractivity contribution is 5.94. The van der Waals surface area contributed by atoms with Crippen molar-refractivity contribution in [3.63, 3.8) is 0 Å². The molecule has 1 aliphatic heterocycles. The number of rotatable bonds is 3. The number of aromatic nitrogens is 1. The lowest BCUT2D eigenvalue weighted by molar-refractivity contribution is 0.0932. The van der Waals surface area contributed by atoms with Crippen LogP contribution in [-0.4, -0.2) is 16.6 Å². The molecule has 0 spiro atoms. The zero-order valence-electron chi connectivity index (χ0n) is 12.8. The van der Waals surface area contributed by atoms with E-state index in [1.165, 1.54) is 41.1 Å². The van der Waals surface area contributed by atoms with E-state index < -0.39 is 29.7 Å². The topological polar surface area (TPSA) is 75.2 Å². The van der Waals surface area contributed by atoms with E-state index in [0.29, 0.717) is 0 Å². The molecule has 2 heterocycles. The minimum atomic E-state index is -0.646. The average Bonchev–Trinajstić information content (AvgIpc) is 2.98. The highest BCUT2D eigenvalue weighted by Gasteiger charge is 2.30. The van der Waals surface area contributed by atoms with Gasteiger partial charge in [-0.3, -0.25) is 9.59 Å². The minimum Gasteiger partial charge on any atom is -0.335 e. The summed E-state index contributed by atoms with van der Waals surface area (Å²) in [6.45, 7) is 0. The van der Waals surface area contributed by atoms with Crippen LogP contribution in [0.25, 0.3) is 0 Å². The molecule has 2 atom stereocenters. The third-order valence-electron chi connectivity index (χ3n) is 3.92. The Morgan fingerprint density at radius 3 is 2.62 bits per heavy atom. The van der Waals surface area contributed by atoms with E-state index in [4.69, 9.17) is 0 Å². The molecular formula is C16H16F2N4O2. The first-order valence-corrected chi connectivity index (χ1v) is 7.38. The van der Waals surface area contributed by atoms with Crippen LogP contribution in [0.4, 0.5) is 8.78 Å². The van der Waals surface area contributed by atoms with Gasteiger partial charge in [0.05, 0.1) is 12.2 Å². The zero-order valence-corrected chi connectivity index (χ0v) is 12.8. The fraction of sp³-hybridized carbons (Fsp3) is 0.250. The van der Waals surface area contributed by atoms with Gasteiger partial charge in [-0.05, 0) is 18.2 Å². The molecule has 1 aromatic carbocycles. The van der Waals surface area contributed by atoms with Crippen molar-refractivity contribution in [2.45, 2.75) is 18.6 Å². The van der Waals surface area contributed by atoms with Crippen molar-refractivity contribution in [3.8, 4) is 0 Å². The molecule has 0 aliphatic carbocycles. The molecule has 0 bridgehead atoms. The Bertz CT molecular complexity index is 817. The second kappa shape index (κ2) is 6.50. The summed E-state index contributed by atoms with van der Waals surface area (Å²) < 4.78 is 29.0. The first kappa shape index (κ1) is 16.3. The van der Waals surface area contributed by atoms with E-state index in [1.54, 1.807) is 7.05 Å². The molecule has 1 amide bonds. The lowest BCUT2D eigenvalue weighted by Gasteiger charge is -2.13. The number of hydrazine groups is 1. The van der Waals surface area contributed by atoms with Gasteiger partial charge in [0.2, 0.25) is 0 Å². The Labute approximate surface area is 136 Å². The lowest BCUT2D eigenvalue weighted by Crippen LogP contribution is -2.44. The van der Waals surface area contributed by atoms with Crippen LogP contribution in [0.1, 0.15) is 28.4 Å². The lowest BCUT2D eigenvalue weighted by atomic mass is 10.0. The molecule has 0 radical (unpaired) electrons. The third kappa shape index (κ3) is 3.19. The van der Waals surface area contributed by atoms with Crippen LogP contribution >= 0.6 is 0 Å². The summed E-state index contributed by atoms with van der Waals surface area (Å²) in [5.74, 6) is -1.73. The predicted molar refractivity (Wildman–Crippen MR) is 82.9 cm³/mol. The molecule has 126 valence electrons. The van der Waals surface area contributed by atoms with Crippen LogP contribution in [0.2, 0.25) is 0 Å². The number of halogens is 2. The second-order valence-electron chi connectivity index (χ2n) is 5.60. The van der Waals surface area contributed by atoms with Gasteiger partial charge in [-0.15, -0.1) is 0 Å². The first-order chi connectivity index (χ1) is 11.5. The summed E-state index contributed by atoms with van der Waals surface area (Å²) >= 11 is 0. The molecule has 0 saturated carbocycles. The zero-order chi connectivity index (χ0) is 17.3. The van der Waals surface area contributed by atoms with Crippen LogP contribution in [0.3, 0.4) is 0 Å². The number of aryl methyl sites for hydroxylation is 1. The molecule has 1 aromatic heterocycles. The number of hydrogen-bond donors (Lipinski definition) is 3. The van der Waals surface area contributed by atoms with Gasteiger partial charge < -0.3 is 9.88 Å². The van der Waals surface area contributed by atoms with E-state index in [2.05, 4.69) is 16.2 Å². The van der Waals surface area contributed by atoms with Crippen molar-refractivity contribution in [1.29, 1.82) is 0 Å². The maximum Gasteiger partial charge on any atom is 0.252 e. The van der Waals surface area contributed by atoms with Crippen LogP contribution in [0.15, 0.2) is 41.3 Å². The molecule has 1 fully saturated rings. The fourth-order valence-corrected chi connectivity index (χ4v) is 2.61. The van der Waals surface area contributed by atoms with Crippen LogP contribution in [-0.2, 0) is 7.05 Å². The van der Waals surface area contributed by atoms with Crippen LogP contribution in [0.5, 0.6) is 0 Å². The molecule has 3 N–H and O–H groups in total. The van der Waals surface area contributed by atoms with E-state index in [1.807, 2.05) is 0 Å². The van der Waals surface area contributed by atoms with Gasteiger partial charge >= 0.3 is 0 Å². The Kier molecular flexibility index (Phi) is 4.41. The van der Waals surface area contributed by atoms with Crippen LogP contribution < -0.4 is 21.7 Å². The van der Waals surface area contributed by atoms with Gasteiger partial charge in [-0.1, -0.05) is 6.07 Å². The number of amides is 1. The minimum absolute atomic E-state index is 0.0738. The van der Waals surface area contributed by atoms with Crippen molar-refractivity contribution in [1.82, 2.24) is 20.7 Å². The predicted octanol–water partition coefficient (Wildman–Crippen LogP) is 0.959. The molecule has 8 heteroatoms. The Hall–Kier alpha value is -2.58. The van der Waals surface area contributed by atoms with E-state index in [0.717, 1.165) is 0 Å². The number of nitrogens with zero attached hydrogens (tertiary/aromatic N) is 1. The molecule has 6 nitrogen and oxygen atoms in total. The number of carbonyl (C=O) groups is 1. The Morgan fingerprint density at radius 2 is 1.96 bits per heavy atom. The molecule has 24 heavy (non-hydrogen) atoms. The number of pyridine rings is 1. The number of carbonyl (C=O) groups excluding carboxylic acids is 1. The van der Waals surface area contributed by atoms with Gasteiger partial charge in [0, 0.05) is 36.9 Å². The Morgan fingerprint density at radius 1 is 1.25 bits per heavy atom. The summed E-state index contributed by atoms with van der Waals surface area (Å²) in [7, 11) is 1.58. The van der Waals surface area contributed by atoms with Crippen molar-refractivity contribution in [2.24, 2.45) is 7.05 Å². The molecule has 1 saturated heterocycles. The quantitative estimate of drug-likeness (QED) is 0.782. The standard InChI is InChI=1S/C16H16F2N4O2/c1-22-6-5-9(7-14(22)23)16(24)19-13-8-12(20-21-13)15-10(17)3-2-4-11(15)18/h2-7,12-13,20-21H,8H2,1H3,(H,19,24). The van der Waals surface area contributed by atoms with Crippen molar-refractivity contribution < 1.29 is 13.6 Å². The molecule has 2 aromatic rings. The van der Waals surface area contributed by atoms with Crippen molar-refractivity contribution in [2.75, 3.05) is 0 Å². The van der Waals surface area contributed by atoms with Gasteiger partial charge in [-0.2, -0.15) is 0 Å². The highest BCUT2D eigenvalue weighted by Crippen LogP contribution is 2.26. The monoisotopic (exact) mass is 334 g/mol. The molecular weight excluding hydrogens is 318 g/mol. The molecule has 3 rings (SSSR count). The summed E-state index contributed by atoms with van der Waals surface area (Å²) in [4.78, 5) is 23.7. The summed E-state index contributed by atoms with van der Waals surface area (Å²) in [5, 5.41) is 2.67. The number of hydrogen-bond acceptors (Lipinski definition) is 4. The maximum absolute atomic E-state index is 13.8. The summed E-state index contributed by atoms with van der Waals surface area (Å²) in [6, 6.07) is 5.81. The normalized spacial score (nSPS) is 20.1. The van der Waals surface area contributed by atoms with Crippen molar-refractivity contribution in [3.05, 3.63) is 69.6 Å². The van der Waals surface area contributed by atoms with Gasteiger partial charge in [0.15, 0.2) is 0 Å². The van der Waals surface area contributed by atoms with E-state index in [9.17, 15) is 18.4 Å². The number of nitrogens with one attached hydrogen (secondary N) is 3. The maximum atomic E-state index is 13.8. The van der Waals surface area contributed by atoms with Crippen molar-refractivity contribution >= 4 is 5.91 Å². The van der Waals surface area contributed by atoms with Gasteiger partial charge in [0.25, 0.3) is 11.5 Å². The smallest absolute Gasteiger partial charge is 0.252 e. The highest BCUT2D eigenvalue weighted by atomic mass is 19.1. The first-order valence-electron chi connectivity index (χ1n) is 7.38. The summed E-state index contributed by atoms with van der Waals surface area (Å²) in [6.07, 6.45) is 1.23. The van der Waals surface area contributed by atoms with E-state index in [-0.39, 0.29) is 23.1 Å². The SMILES string of the molecule is Cn1ccc(C(=O)NC2CC(c3c(F)cccc3F)NN2)cc1=O. The van der Waals surface area contributed by atoms with Crippen LogP contribution in [0, 0.1) is 11.6 Å². The third-order valence-corrected chi connectivity index (χ3v) is 3.92. The van der Waals surface area contributed by atoms with E-state index >= 15 is 0 Å². The van der Waals surface area contributed by atoms with Gasteiger partial charge in [0.1, 0.15) is 11.6 Å². The number of benzene rings is 1. The van der Waals surface area contributed by atoms with Gasteiger partial charge in [-0.25, -0.2) is 19.6 Å².